The van der Waals surface area contributed by atoms with Gasteiger partial charge in [0.05, 0.1) is 0 Å². The summed E-state index contributed by atoms with van der Waals surface area (Å²) >= 11 is 0. The number of benzene rings is 1. The van der Waals surface area contributed by atoms with Crippen LogP contribution >= 0.6 is 0 Å². The molecule has 7 nitrogen and oxygen atoms in total. The van der Waals surface area contributed by atoms with E-state index in [4.69, 9.17) is 4.52 Å². The molecule has 1 aromatic carbocycles. The molecule has 0 radical (unpaired) electrons. The summed E-state index contributed by atoms with van der Waals surface area (Å²) in [5.41, 5.74) is 3.28. The molecule has 3 heterocycles. The van der Waals surface area contributed by atoms with Gasteiger partial charge in [-0.2, -0.15) is 4.98 Å². The standard InChI is InChI=1S/C22H24N6O/c1-15(2)21-26-22(29-27-21)19-7-8-24-20(12-19)25-13-17-5-4-6-18(11-17)14-28-10-9-23-16(28)3/h4-12,15H,13-14H2,1-3H3,(H,24,25). The topological polar surface area (TPSA) is 81.7 Å². The quantitative estimate of drug-likeness (QED) is 0.505. The Morgan fingerprint density at radius 2 is 1.93 bits per heavy atom. The molecule has 0 amide bonds. The molecule has 0 saturated heterocycles. The van der Waals surface area contributed by atoms with E-state index in [0.717, 1.165) is 23.8 Å². The van der Waals surface area contributed by atoms with E-state index in [-0.39, 0.29) is 5.92 Å². The minimum atomic E-state index is 0.227. The van der Waals surface area contributed by atoms with Crippen molar-refractivity contribution in [3.8, 4) is 11.5 Å². The van der Waals surface area contributed by atoms with Gasteiger partial charge in [-0.25, -0.2) is 9.97 Å². The molecule has 0 aliphatic carbocycles. The molecule has 0 fully saturated rings. The predicted octanol–water partition coefficient (Wildman–Crippen LogP) is 4.42. The molecule has 3 aromatic heterocycles. The Hall–Kier alpha value is -3.48. The van der Waals surface area contributed by atoms with Gasteiger partial charge in [0, 0.05) is 43.2 Å². The largest absolute Gasteiger partial charge is 0.366 e. The van der Waals surface area contributed by atoms with E-state index in [1.54, 1.807) is 6.20 Å². The van der Waals surface area contributed by atoms with Crippen molar-refractivity contribution in [1.29, 1.82) is 0 Å². The number of imidazole rings is 1. The van der Waals surface area contributed by atoms with Crippen molar-refractivity contribution in [1.82, 2.24) is 24.7 Å². The summed E-state index contributed by atoms with van der Waals surface area (Å²) in [5.74, 6) is 3.22. The van der Waals surface area contributed by atoms with Crippen LogP contribution in [0.1, 0.15) is 42.5 Å². The number of pyridine rings is 1. The van der Waals surface area contributed by atoms with E-state index in [0.29, 0.717) is 18.3 Å². The van der Waals surface area contributed by atoms with Gasteiger partial charge in [-0.3, -0.25) is 0 Å². The van der Waals surface area contributed by atoms with Crippen molar-refractivity contribution < 1.29 is 4.52 Å². The summed E-state index contributed by atoms with van der Waals surface area (Å²) in [7, 11) is 0. The molecule has 0 aliphatic rings. The van der Waals surface area contributed by atoms with Crippen LogP contribution in [0.15, 0.2) is 59.5 Å². The molecular weight excluding hydrogens is 364 g/mol. The molecule has 0 bridgehead atoms. The SMILES string of the molecule is Cc1nccn1Cc1cccc(CNc2cc(-c3nc(C(C)C)no3)ccn2)c1. The highest BCUT2D eigenvalue weighted by molar-refractivity contribution is 5.58. The lowest BCUT2D eigenvalue weighted by molar-refractivity contribution is 0.419. The normalized spacial score (nSPS) is 11.2. The molecule has 7 heteroatoms. The van der Waals surface area contributed by atoms with Crippen molar-refractivity contribution >= 4 is 5.82 Å². The van der Waals surface area contributed by atoms with Crippen LogP contribution in [0, 0.1) is 6.92 Å². The number of nitrogens with one attached hydrogen (secondary N) is 1. The fourth-order valence-corrected chi connectivity index (χ4v) is 3.04. The summed E-state index contributed by atoms with van der Waals surface area (Å²) in [6.07, 6.45) is 5.57. The highest BCUT2D eigenvalue weighted by Crippen LogP contribution is 2.22. The summed E-state index contributed by atoms with van der Waals surface area (Å²) in [5, 5.41) is 7.41. The number of anilines is 1. The Bertz CT molecular complexity index is 1100. The molecule has 148 valence electrons. The minimum absolute atomic E-state index is 0.227. The van der Waals surface area contributed by atoms with E-state index < -0.39 is 0 Å². The number of hydrogen-bond acceptors (Lipinski definition) is 6. The Morgan fingerprint density at radius 3 is 2.69 bits per heavy atom. The average molecular weight is 388 g/mol. The van der Waals surface area contributed by atoms with Crippen molar-refractivity contribution in [2.24, 2.45) is 0 Å². The van der Waals surface area contributed by atoms with Crippen LogP contribution in [0.4, 0.5) is 5.82 Å². The molecule has 0 unspecified atom stereocenters. The summed E-state index contributed by atoms with van der Waals surface area (Å²) < 4.78 is 7.51. The first-order valence-electron chi connectivity index (χ1n) is 9.68. The van der Waals surface area contributed by atoms with Gasteiger partial charge in [-0.05, 0) is 30.2 Å². The molecule has 0 saturated carbocycles. The molecule has 1 N–H and O–H groups in total. The molecule has 0 spiro atoms. The van der Waals surface area contributed by atoms with Crippen molar-refractivity contribution in [2.45, 2.75) is 39.8 Å². The van der Waals surface area contributed by atoms with Crippen molar-refractivity contribution in [2.75, 3.05) is 5.32 Å². The molecule has 0 aliphatic heterocycles. The number of aromatic nitrogens is 5. The second-order valence-electron chi connectivity index (χ2n) is 7.32. The van der Waals surface area contributed by atoms with E-state index >= 15 is 0 Å². The fraction of sp³-hybridized carbons (Fsp3) is 0.273. The van der Waals surface area contributed by atoms with Crippen molar-refractivity contribution in [3.05, 3.63) is 77.8 Å². The minimum Gasteiger partial charge on any atom is -0.366 e. The fourth-order valence-electron chi connectivity index (χ4n) is 3.04. The van der Waals surface area contributed by atoms with E-state index in [9.17, 15) is 0 Å². The third-order valence-corrected chi connectivity index (χ3v) is 4.71. The maximum atomic E-state index is 5.38. The van der Waals surface area contributed by atoms with E-state index in [2.05, 4.69) is 54.3 Å². The van der Waals surface area contributed by atoms with Crippen LogP contribution in [0.3, 0.4) is 0 Å². The lowest BCUT2D eigenvalue weighted by atomic mass is 10.1. The number of hydrogen-bond donors (Lipinski definition) is 1. The van der Waals surface area contributed by atoms with Gasteiger partial charge in [-0.1, -0.05) is 43.3 Å². The lowest BCUT2D eigenvalue weighted by Gasteiger charge is -2.09. The number of nitrogens with zero attached hydrogens (tertiary/aromatic N) is 5. The monoisotopic (exact) mass is 388 g/mol. The zero-order valence-electron chi connectivity index (χ0n) is 16.8. The molecule has 4 rings (SSSR count). The predicted molar refractivity (Wildman–Crippen MR) is 111 cm³/mol. The molecular formula is C22H24N6O. The third-order valence-electron chi connectivity index (χ3n) is 4.71. The first-order chi connectivity index (χ1) is 14.1. The Kier molecular flexibility index (Phi) is 5.37. The Balaban J connectivity index is 1.44. The van der Waals surface area contributed by atoms with Gasteiger partial charge in [0.2, 0.25) is 0 Å². The number of rotatable bonds is 7. The van der Waals surface area contributed by atoms with Crippen LogP contribution in [0.5, 0.6) is 0 Å². The van der Waals surface area contributed by atoms with Crippen LogP contribution in [0.25, 0.3) is 11.5 Å². The Morgan fingerprint density at radius 1 is 1.07 bits per heavy atom. The second-order valence-corrected chi connectivity index (χ2v) is 7.32. The molecule has 0 atom stereocenters. The second kappa shape index (κ2) is 8.26. The first kappa shape index (κ1) is 18.9. The van der Waals surface area contributed by atoms with Gasteiger partial charge >= 0.3 is 0 Å². The van der Waals surface area contributed by atoms with Crippen LogP contribution in [-0.4, -0.2) is 24.7 Å². The van der Waals surface area contributed by atoms with Gasteiger partial charge in [0.1, 0.15) is 11.6 Å². The van der Waals surface area contributed by atoms with Gasteiger partial charge in [-0.15, -0.1) is 0 Å². The number of aryl methyl sites for hydroxylation is 1. The van der Waals surface area contributed by atoms with E-state index in [1.165, 1.54) is 11.1 Å². The van der Waals surface area contributed by atoms with Crippen LogP contribution < -0.4 is 5.32 Å². The highest BCUT2D eigenvalue weighted by Gasteiger charge is 2.12. The third kappa shape index (κ3) is 4.51. The van der Waals surface area contributed by atoms with Crippen molar-refractivity contribution in [3.63, 3.8) is 0 Å². The molecule has 4 aromatic rings. The summed E-state index contributed by atoms with van der Waals surface area (Å²) in [6, 6.07) is 12.3. The maximum absolute atomic E-state index is 5.38. The summed E-state index contributed by atoms with van der Waals surface area (Å²) in [6.45, 7) is 7.57. The average Bonchev–Trinajstić information content (AvgIpc) is 3.37. The smallest absolute Gasteiger partial charge is 0.258 e. The lowest BCUT2D eigenvalue weighted by Crippen LogP contribution is -2.04. The zero-order chi connectivity index (χ0) is 20.2. The van der Waals surface area contributed by atoms with Crippen LogP contribution in [-0.2, 0) is 13.1 Å². The van der Waals surface area contributed by atoms with Gasteiger partial charge in [0.25, 0.3) is 5.89 Å². The zero-order valence-corrected chi connectivity index (χ0v) is 16.8. The first-order valence-corrected chi connectivity index (χ1v) is 9.68. The Labute approximate surface area is 169 Å². The van der Waals surface area contributed by atoms with Gasteiger partial charge < -0.3 is 14.4 Å². The van der Waals surface area contributed by atoms with E-state index in [1.807, 2.05) is 45.3 Å². The van der Waals surface area contributed by atoms with Crippen LogP contribution in [0.2, 0.25) is 0 Å². The summed E-state index contributed by atoms with van der Waals surface area (Å²) in [4.78, 5) is 13.1. The molecule has 29 heavy (non-hydrogen) atoms. The van der Waals surface area contributed by atoms with Gasteiger partial charge in [0.15, 0.2) is 5.82 Å². The maximum Gasteiger partial charge on any atom is 0.258 e. The highest BCUT2D eigenvalue weighted by atomic mass is 16.5.